The van der Waals surface area contributed by atoms with E-state index in [0.29, 0.717) is 28.2 Å². The number of halogens is 1. The van der Waals surface area contributed by atoms with E-state index in [4.69, 9.17) is 11.6 Å². The van der Waals surface area contributed by atoms with Crippen molar-refractivity contribution in [2.45, 2.75) is 20.3 Å². The Hall–Kier alpha value is -4.23. The van der Waals surface area contributed by atoms with Crippen molar-refractivity contribution in [2.75, 3.05) is 15.5 Å². The van der Waals surface area contributed by atoms with E-state index < -0.39 is 11.8 Å². The van der Waals surface area contributed by atoms with E-state index in [0.717, 1.165) is 16.9 Å². The summed E-state index contributed by atoms with van der Waals surface area (Å²) in [5.41, 5.74) is 3.27. The molecule has 3 aromatic rings. The number of nitrogens with one attached hydrogen (secondary N) is 2. The molecule has 0 saturated carbocycles. The van der Waals surface area contributed by atoms with Crippen LogP contribution in [0.2, 0.25) is 0 Å². The third kappa shape index (κ3) is 5.00. The molecular formula is C27H22ClN3O4. The number of hydrogen-bond acceptors (Lipinski definition) is 5. The highest BCUT2D eigenvalue weighted by molar-refractivity contribution is 6.53. The maximum absolute atomic E-state index is 13.0. The monoisotopic (exact) mass is 487 g/mol. The minimum Gasteiger partial charge on any atom is -0.350 e. The predicted molar refractivity (Wildman–Crippen MR) is 136 cm³/mol. The Morgan fingerprint density at radius 3 is 2.17 bits per heavy atom. The van der Waals surface area contributed by atoms with Gasteiger partial charge in [-0.3, -0.25) is 19.2 Å². The Bertz CT molecular complexity index is 1360. The fourth-order valence-corrected chi connectivity index (χ4v) is 3.81. The first-order chi connectivity index (χ1) is 16.8. The first-order valence-corrected chi connectivity index (χ1v) is 11.3. The number of hydrogen-bond donors (Lipinski definition) is 2. The Morgan fingerprint density at radius 2 is 1.54 bits per heavy atom. The number of ketones is 1. The van der Waals surface area contributed by atoms with Crippen LogP contribution in [0.4, 0.5) is 17.1 Å². The molecule has 0 fully saturated rings. The lowest BCUT2D eigenvalue weighted by atomic mass is 10.1. The normalized spacial score (nSPS) is 13.3. The van der Waals surface area contributed by atoms with Crippen molar-refractivity contribution >= 4 is 52.2 Å². The summed E-state index contributed by atoms with van der Waals surface area (Å²) in [5.74, 6) is -1.64. The zero-order chi connectivity index (χ0) is 25.1. The van der Waals surface area contributed by atoms with Gasteiger partial charge in [-0.2, -0.15) is 0 Å². The van der Waals surface area contributed by atoms with Crippen LogP contribution in [0, 0.1) is 0 Å². The summed E-state index contributed by atoms with van der Waals surface area (Å²) < 4.78 is 0. The van der Waals surface area contributed by atoms with Crippen molar-refractivity contribution in [2.24, 2.45) is 0 Å². The summed E-state index contributed by atoms with van der Waals surface area (Å²) in [6.07, 6.45) is 0.835. The van der Waals surface area contributed by atoms with Gasteiger partial charge >= 0.3 is 0 Å². The van der Waals surface area contributed by atoms with Gasteiger partial charge in [-0.15, -0.1) is 0 Å². The second-order valence-corrected chi connectivity index (χ2v) is 8.33. The van der Waals surface area contributed by atoms with Crippen LogP contribution in [0.15, 0.2) is 83.5 Å². The molecule has 0 saturated heterocycles. The van der Waals surface area contributed by atoms with Gasteiger partial charge in [0.05, 0.1) is 5.69 Å². The van der Waals surface area contributed by atoms with Crippen molar-refractivity contribution in [3.63, 3.8) is 0 Å². The Morgan fingerprint density at radius 1 is 0.857 bits per heavy atom. The lowest BCUT2D eigenvalue weighted by molar-refractivity contribution is -0.120. The van der Waals surface area contributed by atoms with E-state index in [1.54, 1.807) is 60.7 Å². The van der Waals surface area contributed by atoms with Crippen LogP contribution in [0.1, 0.15) is 40.1 Å². The van der Waals surface area contributed by atoms with Crippen molar-refractivity contribution < 1.29 is 19.2 Å². The van der Waals surface area contributed by atoms with Crippen LogP contribution in [0.25, 0.3) is 0 Å². The van der Waals surface area contributed by atoms with Crippen LogP contribution < -0.4 is 15.5 Å². The van der Waals surface area contributed by atoms with Gasteiger partial charge in [0.25, 0.3) is 17.7 Å². The third-order valence-electron chi connectivity index (χ3n) is 5.57. The molecule has 7 nitrogen and oxygen atoms in total. The predicted octanol–water partition coefficient (Wildman–Crippen LogP) is 5.14. The van der Waals surface area contributed by atoms with Crippen molar-refractivity contribution in [3.8, 4) is 0 Å². The van der Waals surface area contributed by atoms with Crippen molar-refractivity contribution in [1.29, 1.82) is 0 Å². The third-order valence-corrected chi connectivity index (χ3v) is 5.92. The van der Waals surface area contributed by atoms with E-state index in [1.165, 1.54) is 6.92 Å². The molecule has 8 heteroatoms. The van der Waals surface area contributed by atoms with E-state index in [9.17, 15) is 19.2 Å². The number of Topliss-reactive ketones (excluding diaryl/α,β-unsaturated/α-hetero) is 1. The first-order valence-electron chi connectivity index (χ1n) is 11.0. The van der Waals surface area contributed by atoms with Crippen LogP contribution in [0.5, 0.6) is 0 Å². The summed E-state index contributed by atoms with van der Waals surface area (Å²) in [6, 6.07) is 20.1. The summed E-state index contributed by atoms with van der Waals surface area (Å²) in [7, 11) is 0. The molecule has 0 unspecified atom stereocenters. The molecule has 1 aliphatic heterocycles. The molecule has 0 radical (unpaired) electrons. The molecule has 0 aliphatic carbocycles. The van der Waals surface area contributed by atoms with Crippen LogP contribution >= 0.6 is 11.6 Å². The quantitative estimate of drug-likeness (QED) is 0.355. The van der Waals surface area contributed by atoms with Gasteiger partial charge in [-0.1, -0.05) is 36.7 Å². The number of carbonyl (C=O) groups is 4. The number of rotatable bonds is 7. The molecule has 3 aromatic carbocycles. The largest absolute Gasteiger partial charge is 0.350 e. The summed E-state index contributed by atoms with van der Waals surface area (Å²) >= 11 is 6.22. The fourth-order valence-electron chi connectivity index (χ4n) is 3.60. The average Bonchev–Trinajstić information content (AvgIpc) is 3.07. The molecule has 3 amide bonds. The van der Waals surface area contributed by atoms with Gasteiger partial charge in [-0.05, 0) is 73.5 Å². The van der Waals surface area contributed by atoms with Gasteiger partial charge in [0.2, 0.25) is 0 Å². The minimum absolute atomic E-state index is 0.0615. The molecule has 4 rings (SSSR count). The Kier molecular flexibility index (Phi) is 6.80. The van der Waals surface area contributed by atoms with Crippen molar-refractivity contribution in [1.82, 2.24) is 0 Å². The summed E-state index contributed by atoms with van der Waals surface area (Å²) in [5, 5.41) is 5.43. The molecule has 35 heavy (non-hydrogen) atoms. The number of carbonyl (C=O) groups excluding carboxylic acids is 4. The minimum atomic E-state index is -0.619. The maximum atomic E-state index is 13.0. The molecule has 0 bridgehead atoms. The molecule has 176 valence electrons. The molecule has 2 N–H and O–H groups in total. The lowest BCUT2D eigenvalue weighted by Gasteiger charge is -2.15. The SMILES string of the molecule is CCc1ccc(N2C(=O)C(Cl)=C(Nc3cccc(C(=O)Nc4ccc(C(C)=O)cc4)c3)C2=O)cc1. The van der Waals surface area contributed by atoms with E-state index >= 15 is 0 Å². The molecule has 0 atom stereocenters. The number of anilines is 3. The molecule has 1 heterocycles. The van der Waals surface area contributed by atoms with E-state index in [2.05, 4.69) is 10.6 Å². The van der Waals surface area contributed by atoms with Gasteiger partial charge in [0.15, 0.2) is 5.78 Å². The smallest absolute Gasteiger partial charge is 0.283 e. The topological polar surface area (TPSA) is 95.6 Å². The summed E-state index contributed by atoms with van der Waals surface area (Å²) in [4.78, 5) is 50.9. The number of aryl methyl sites for hydroxylation is 1. The number of imide groups is 1. The number of nitrogens with zero attached hydrogens (tertiary/aromatic N) is 1. The van der Waals surface area contributed by atoms with Crippen LogP contribution in [-0.4, -0.2) is 23.5 Å². The molecule has 0 spiro atoms. The van der Waals surface area contributed by atoms with Gasteiger partial charge < -0.3 is 10.6 Å². The Labute approximate surface area is 207 Å². The second-order valence-electron chi connectivity index (χ2n) is 7.95. The Balaban J connectivity index is 1.50. The second kappa shape index (κ2) is 9.95. The highest BCUT2D eigenvalue weighted by Crippen LogP contribution is 2.30. The fraction of sp³-hybridized carbons (Fsp3) is 0.111. The standard InChI is InChI=1S/C27H22ClN3O4/c1-3-17-7-13-22(14-8-17)31-26(34)23(28)24(27(31)35)29-21-6-4-5-19(15-21)25(33)30-20-11-9-18(10-12-20)16(2)32/h4-15,29H,3H2,1-2H3,(H,30,33). The van der Waals surface area contributed by atoms with Gasteiger partial charge in [-0.25, -0.2) is 4.90 Å². The summed E-state index contributed by atoms with van der Waals surface area (Å²) in [6.45, 7) is 3.48. The van der Waals surface area contributed by atoms with Crippen LogP contribution in [-0.2, 0) is 16.0 Å². The maximum Gasteiger partial charge on any atom is 0.283 e. The zero-order valence-electron chi connectivity index (χ0n) is 19.1. The van der Waals surface area contributed by atoms with Crippen LogP contribution in [0.3, 0.4) is 0 Å². The van der Waals surface area contributed by atoms with Gasteiger partial charge in [0, 0.05) is 22.5 Å². The van der Waals surface area contributed by atoms with E-state index in [-0.39, 0.29) is 22.4 Å². The number of amides is 3. The molecular weight excluding hydrogens is 466 g/mol. The zero-order valence-corrected chi connectivity index (χ0v) is 19.8. The highest BCUT2D eigenvalue weighted by Gasteiger charge is 2.39. The molecule has 0 aromatic heterocycles. The highest BCUT2D eigenvalue weighted by atomic mass is 35.5. The first kappa shape index (κ1) is 23.9. The average molecular weight is 488 g/mol. The number of benzene rings is 3. The molecule has 1 aliphatic rings. The van der Waals surface area contributed by atoms with Gasteiger partial charge in [0.1, 0.15) is 10.7 Å². The van der Waals surface area contributed by atoms with Crippen molar-refractivity contribution in [3.05, 3.63) is 100 Å². The lowest BCUT2D eigenvalue weighted by Crippen LogP contribution is -2.32. The van der Waals surface area contributed by atoms with E-state index in [1.807, 2.05) is 19.1 Å².